The van der Waals surface area contributed by atoms with Crippen LogP contribution in [-0.4, -0.2) is 23.5 Å². The Kier molecular flexibility index (Phi) is 5.52. The highest BCUT2D eigenvalue weighted by Crippen LogP contribution is 2.28. The molecule has 0 heterocycles. The van der Waals surface area contributed by atoms with Crippen LogP contribution in [0.1, 0.15) is 34.6 Å². The molecule has 0 spiro atoms. The van der Waals surface area contributed by atoms with Crippen LogP contribution in [0.25, 0.3) is 0 Å². The van der Waals surface area contributed by atoms with Crippen LogP contribution in [0.3, 0.4) is 0 Å². The second-order valence-electron chi connectivity index (χ2n) is 5.75. The van der Waals surface area contributed by atoms with Gasteiger partial charge >= 0.3 is 5.97 Å². The van der Waals surface area contributed by atoms with E-state index in [1.165, 1.54) is 0 Å². The normalized spacial score (nSPS) is 10.6. The summed E-state index contributed by atoms with van der Waals surface area (Å²) in [5.41, 5.74) is 4.41. The average Bonchev–Trinajstić information content (AvgIpc) is 2.52. The summed E-state index contributed by atoms with van der Waals surface area (Å²) in [6.45, 7) is 3.68. The van der Waals surface area contributed by atoms with Crippen LogP contribution in [0, 0.1) is 13.8 Å². The minimum Gasteiger partial charge on any atom is -0.480 e. The molecule has 23 heavy (non-hydrogen) atoms. The van der Waals surface area contributed by atoms with Crippen molar-refractivity contribution in [3.05, 3.63) is 70.8 Å². The zero-order valence-electron chi connectivity index (χ0n) is 13.4. The first-order valence-corrected chi connectivity index (χ1v) is 7.57. The van der Waals surface area contributed by atoms with Gasteiger partial charge in [0.1, 0.15) is 6.54 Å². The van der Waals surface area contributed by atoms with Crippen molar-refractivity contribution in [2.75, 3.05) is 6.54 Å². The Balaban J connectivity index is 2.24. The maximum atomic E-state index is 12.1. The molecule has 0 saturated carbocycles. The average molecular weight is 311 g/mol. The zero-order chi connectivity index (χ0) is 16.8. The first-order valence-electron chi connectivity index (χ1n) is 7.57. The zero-order valence-corrected chi connectivity index (χ0v) is 13.4. The van der Waals surface area contributed by atoms with Crippen molar-refractivity contribution in [1.29, 1.82) is 0 Å². The maximum Gasteiger partial charge on any atom is 0.322 e. The second kappa shape index (κ2) is 7.58. The quantitative estimate of drug-likeness (QED) is 0.862. The van der Waals surface area contributed by atoms with Crippen molar-refractivity contribution in [2.24, 2.45) is 0 Å². The number of rotatable bonds is 6. The lowest BCUT2D eigenvalue weighted by Gasteiger charge is -2.18. The smallest absolute Gasteiger partial charge is 0.322 e. The summed E-state index contributed by atoms with van der Waals surface area (Å²) >= 11 is 0. The molecule has 1 amide bonds. The Morgan fingerprint density at radius 1 is 0.913 bits per heavy atom. The summed E-state index contributed by atoms with van der Waals surface area (Å²) in [7, 11) is 0. The first-order chi connectivity index (χ1) is 11.0. The van der Waals surface area contributed by atoms with Crippen molar-refractivity contribution in [1.82, 2.24) is 5.32 Å². The fourth-order valence-corrected chi connectivity index (χ4v) is 2.46. The highest BCUT2D eigenvalue weighted by molar-refractivity contribution is 5.82. The number of carboxylic acids is 1. The fourth-order valence-electron chi connectivity index (χ4n) is 2.46. The van der Waals surface area contributed by atoms with Gasteiger partial charge in [0.2, 0.25) is 5.91 Å². The van der Waals surface area contributed by atoms with Crippen LogP contribution in [-0.2, 0) is 9.59 Å². The van der Waals surface area contributed by atoms with Crippen molar-refractivity contribution in [3.8, 4) is 0 Å². The lowest BCUT2D eigenvalue weighted by molar-refractivity contribution is -0.137. The number of hydrogen-bond donors (Lipinski definition) is 2. The predicted molar refractivity (Wildman–Crippen MR) is 89.5 cm³/mol. The summed E-state index contributed by atoms with van der Waals surface area (Å²) in [5.74, 6) is -1.40. The number of carbonyl (C=O) groups is 2. The van der Waals surface area contributed by atoms with Gasteiger partial charge in [-0.1, -0.05) is 59.7 Å². The van der Waals surface area contributed by atoms with E-state index in [4.69, 9.17) is 5.11 Å². The van der Waals surface area contributed by atoms with Gasteiger partial charge in [-0.15, -0.1) is 0 Å². The molecule has 2 rings (SSSR count). The maximum absolute atomic E-state index is 12.1. The van der Waals surface area contributed by atoms with E-state index in [2.05, 4.69) is 5.32 Å². The largest absolute Gasteiger partial charge is 0.480 e. The van der Waals surface area contributed by atoms with Gasteiger partial charge in [-0.05, 0) is 25.0 Å². The van der Waals surface area contributed by atoms with E-state index in [0.717, 1.165) is 22.3 Å². The molecule has 0 bridgehead atoms. The second-order valence-corrected chi connectivity index (χ2v) is 5.75. The molecule has 0 radical (unpaired) electrons. The Labute approximate surface area is 136 Å². The van der Waals surface area contributed by atoms with E-state index in [9.17, 15) is 9.59 Å². The van der Waals surface area contributed by atoms with Crippen molar-refractivity contribution in [2.45, 2.75) is 26.2 Å². The molecule has 0 aliphatic rings. The van der Waals surface area contributed by atoms with Crippen LogP contribution in [0.15, 0.2) is 48.5 Å². The standard InChI is InChI=1S/C19H21NO3/c1-13-3-7-15(8-4-13)17(11-18(21)20-12-19(22)23)16-9-5-14(2)6-10-16/h3-10,17H,11-12H2,1-2H3,(H,20,21)(H,22,23). The molecule has 2 aromatic carbocycles. The predicted octanol–water partition coefficient (Wildman–Crippen LogP) is 3.03. The summed E-state index contributed by atoms with van der Waals surface area (Å²) < 4.78 is 0. The van der Waals surface area contributed by atoms with Gasteiger partial charge in [-0.25, -0.2) is 0 Å². The molecule has 4 heteroatoms. The lowest BCUT2D eigenvalue weighted by Crippen LogP contribution is -2.30. The summed E-state index contributed by atoms with van der Waals surface area (Å²) in [4.78, 5) is 22.7. The molecule has 4 nitrogen and oxygen atoms in total. The SMILES string of the molecule is Cc1ccc(C(CC(=O)NCC(=O)O)c2ccc(C)cc2)cc1. The molecule has 0 saturated heterocycles. The number of hydrogen-bond acceptors (Lipinski definition) is 2. The van der Waals surface area contributed by atoms with E-state index in [0.29, 0.717) is 0 Å². The van der Waals surface area contributed by atoms with E-state index in [-0.39, 0.29) is 24.8 Å². The van der Waals surface area contributed by atoms with Gasteiger partial charge in [0, 0.05) is 12.3 Å². The summed E-state index contributed by atoms with van der Waals surface area (Å²) in [6.07, 6.45) is 0.222. The molecular formula is C19H21NO3. The minimum absolute atomic E-state index is 0.0926. The Bertz CT molecular complexity index is 629. The van der Waals surface area contributed by atoms with Crippen LogP contribution in [0.4, 0.5) is 0 Å². The Morgan fingerprint density at radius 2 is 1.35 bits per heavy atom. The van der Waals surface area contributed by atoms with Gasteiger partial charge < -0.3 is 10.4 Å². The molecular weight excluding hydrogens is 290 g/mol. The topological polar surface area (TPSA) is 66.4 Å². The Morgan fingerprint density at radius 3 is 1.74 bits per heavy atom. The number of carboxylic acid groups (broad SMARTS) is 1. The van der Waals surface area contributed by atoms with Gasteiger partial charge in [0.05, 0.1) is 0 Å². The minimum atomic E-state index is -1.04. The lowest BCUT2D eigenvalue weighted by atomic mass is 9.87. The van der Waals surface area contributed by atoms with Crippen molar-refractivity contribution in [3.63, 3.8) is 0 Å². The molecule has 0 fully saturated rings. The number of nitrogens with one attached hydrogen (secondary N) is 1. The monoisotopic (exact) mass is 311 g/mol. The van der Waals surface area contributed by atoms with Crippen LogP contribution >= 0.6 is 0 Å². The number of aryl methyl sites for hydroxylation is 2. The molecule has 2 aromatic rings. The highest BCUT2D eigenvalue weighted by atomic mass is 16.4. The molecule has 0 atom stereocenters. The van der Waals surface area contributed by atoms with Crippen LogP contribution < -0.4 is 5.32 Å². The number of amides is 1. The van der Waals surface area contributed by atoms with Gasteiger partial charge in [0.25, 0.3) is 0 Å². The third-order valence-corrected chi connectivity index (χ3v) is 3.79. The van der Waals surface area contributed by atoms with E-state index in [1.807, 2.05) is 62.4 Å². The van der Waals surface area contributed by atoms with Gasteiger partial charge in [0.15, 0.2) is 0 Å². The first kappa shape index (κ1) is 16.7. The molecule has 0 aliphatic heterocycles. The Hall–Kier alpha value is -2.62. The van der Waals surface area contributed by atoms with Crippen molar-refractivity contribution < 1.29 is 14.7 Å². The summed E-state index contributed by atoms with van der Waals surface area (Å²) in [5, 5.41) is 11.1. The van der Waals surface area contributed by atoms with Gasteiger partial charge in [-0.2, -0.15) is 0 Å². The van der Waals surface area contributed by atoms with Crippen LogP contribution in [0.2, 0.25) is 0 Å². The van der Waals surface area contributed by atoms with Crippen LogP contribution in [0.5, 0.6) is 0 Å². The fraction of sp³-hybridized carbons (Fsp3) is 0.263. The molecule has 0 unspecified atom stereocenters. The number of carbonyl (C=O) groups excluding carboxylic acids is 1. The third-order valence-electron chi connectivity index (χ3n) is 3.79. The van der Waals surface area contributed by atoms with Gasteiger partial charge in [-0.3, -0.25) is 9.59 Å². The number of aliphatic carboxylic acids is 1. The molecule has 120 valence electrons. The third kappa shape index (κ3) is 4.95. The van der Waals surface area contributed by atoms with E-state index < -0.39 is 5.97 Å². The van der Waals surface area contributed by atoms with Crippen molar-refractivity contribution >= 4 is 11.9 Å². The van der Waals surface area contributed by atoms with E-state index in [1.54, 1.807) is 0 Å². The summed E-state index contributed by atoms with van der Waals surface area (Å²) in [6, 6.07) is 16.2. The highest BCUT2D eigenvalue weighted by Gasteiger charge is 2.18. The molecule has 0 aromatic heterocycles. The molecule has 0 aliphatic carbocycles. The van der Waals surface area contributed by atoms with E-state index >= 15 is 0 Å². The number of benzene rings is 2. The molecule has 2 N–H and O–H groups in total.